The summed E-state index contributed by atoms with van der Waals surface area (Å²) in [6.45, 7) is 2.48. The molecule has 1 aromatic rings. The van der Waals surface area contributed by atoms with E-state index in [9.17, 15) is 4.79 Å². The molecule has 1 atom stereocenters. The van der Waals surface area contributed by atoms with Crippen LogP contribution in [-0.4, -0.2) is 12.5 Å². The molecule has 3 nitrogen and oxygen atoms in total. The van der Waals surface area contributed by atoms with E-state index in [0.29, 0.717) is 22.3 Å². The smallest absolute Gasteiger partial charge is 0.227 e. The molecule has 0 saturated carbocycles. The molecule has 1 amide bonds. The molecule has 0 heterocycles. The van der Waals surface area contributed by atoms with E-state index in [2.05, 4.69) is 5.32 Å². The number of nitrogens with two attached hydrogens (primary N) is 1. The first-order valence-corrected chi connectivity index (χ1v) is 6.26. The van der Waals surface area contributed by atoms with E-state index >= 15 is 0 Å². The van der Waals surface area contributed by atoms with Gasteiger partial charge in [0.2, 0.25) is 5.91 Å². The Morgan fingerprint density at radius 1 is 1.41 bits per heavy atom. The fourth-order valence-electron chi connectivity index (χ4n) is 1.39. The van der Waals surface area contributed by atoms with Crippen LogP contribution in [0, 0.1) is 5.92 Å². The van der Waals surface area contributed by atoms with Crippen molar-refractivity contribution in [3.05, 3.63) is 28.2 Å². The molecule has 1 aromatic carbocycles. The van der Waals surface area contributed by atoms with E-state index in [-0.39, 0.29) is 11.8 Å². The van der Waals surface area contributed by atoms with Gasteiger partial charge in [-0.25, -0.2) is 0 Å². The Kier molecular flexibility index (Phi) is 5.75. The maximum absolute atomic E-state index is 11.8. The Hall–Kier alpha value is -0.770. The standard InChI is InChI=1S/C12H16Cl2N2O/c1-8(3-2-6-15)12(17)16-9-4-5-10(13)11(14)7-9/h4-5,7-8H,2-3,6,15H2,1H3,(H,16,17). The second kappa shape index (κ2) is 6.84. The summed E-state index contributed by atoms with van der Waals surface area (Å²) in [5, 5.41) is 3.70. The number of carbonyl (C=O) groups excluding carboxylic acids is 1. The lowest BCUT2D eigenvalue weighted by atomic mass is 10.0. The summed E-state index contributed by atoms with van der Waals surface area (Å²) in [4.78, 5) is 11.8. The van der Waals surface area contributed by atoms with Gasteiger partial charge < -0.3 is 11.1 Å². The molecule has 0 fully saturated rings. The Balaban J connectivity index is 2.58. The van der Waals surface area contributed by atoms with Gasteiger partial charge in [0, 0.05) is 11.6 Å². The zero-order valence-corrected chi connectivity index (χ0v) is 11.2. The van der Waals surface area contributed by atoms with Gasteiger partial charge in [0.25, 0.3) is 0 Å². The van der Waals surface area contributed by atoms with Crippen molar-refractivity contribution in [1.82, 2.24) is 0 Å². The molecule has 94 valence electrons. The van der Waals surface area contributed by atoms with E-state index in [1.807, 2.05) is 6.92 Å². The molecule has 5 heteroatoms. The van der Waals surface area contributed by atoms with Crippen molar-refractivity contribution < 1.29 is 4.79 Å². The maximum atomic E-state index is 11.8. The van der Waals surface area contributed by atoms with E-state index in [1.165, 1.54) is 0 Å². The molecule has 1 rings (SSSR count). The van der Waals surface area contributed by atoms with Crippen LogP contribution in [0.25, 0.3) is 0 Å². The van der Waals surface area contributed by atoms with Gasteiger partial charge in [-0.3, -0.25) is 4.79 Å². The van der Waals surface area contributed by atoms with Crippen LogP contribution in [0.15, 0.2) is 18.2 Å². The molecule has 0 radical (unpaired) electrons. The van der Waals surface area contributed by atoms with Gasteiger partial charge in [0.15, 0.2) is 0 Å². The van der Waals surface area contributed by atoms with Crippen molar-refractivity contribution in [3.8, 4) is 0 Å². The Morgan fingerprint density at radius 3 is 2.71 bits per heavy atom. The van der Waals surface area contributed by atoms with Crippen LogP contribution in [-0.2, 0) is 4.79 Å². The fourth-order valence-corrected chi connectivity index (χ4v) is 1.69. The van der Waals surface area contributed by atoms with Gasteiger partial charge >= 0.3 is 0 Å². The van der Waals surface area contributed by atoms with Crippen molar-refractivity contribution in [3.63, 3.8) is 0 Å². The van der Waals surface area contributed by atoms with Crippen LogP contribution in [0.4, 0.5) is 5.69 Å². The molecule has 3 N–H and O–H groups in total. The summed E-state index contributed by atoms with van der Waals surface area (Å²) < 4.78 is 0. The predicted molar refractivity (Wildman–Crippen MR) is 72.5 cm³/mol. The van der Waals surface area contributed by atoms with E-state index in [0.717, 1.165) is 12.8 Å². The van der Waals surface area contributed by atoms with Gasteiger partial charge in [0.05, 0.1) is 10.0 Å². The van der Waals surface area contributed by atoms with E-state index in [1.54, 1.807) is 18.2 Å². The molecule has 0 aliphatic rings. The zero-order valence-electron chi connectivity index (χ0n) is 9.67. The third-order valence-electron chi connectivity index (χ3n) is 2.48. The van der Waals surface area contributed by atoms with Crippen LogP contribution < -0.4 is 11.1 Å². The van der Waals surface area contributed by atoms with Gasteiger partial charge in [0.1, 0.15) is 0 Å². The molecular weight excluding hydrogens is 259 g/mol. The monoisotopic (exact) mass is 274 g/mol. The third kappa shape index (κ3) is 4.54. The zero-order chi connectivity index (χ0) is 12.8. The lowest BCUT2D eigenvalue weighted by Crippen LogP contribution is -2.21. The number of halogens is 2. The molecular formula is C12H16Cl2N2O. The van der Waals surface area contributed by atoms with Crippen LogP contribution in [0.1, 0.15) is 19.8 Å². The van der Waals surface area contributed by atoms with E-state index in [4.69, 9.17) is 28.9 Å². The number of hydrogen-bond acceptors (Lipinski definition) is 2. The average Bonchev–Trinajstić information content (AvgIpc) is 2.30. The normalized spacial score (nSPS) is 12.2. The molecule has 17 heavy (non-hydrogen) atoms. The second-order valence-electron chi connectivity index (χ2n) is 3.95. The summed E-state index contributed by atoms with van der Waals surface area (Å²) in [6, 6.07) is 5.02. The number of benzene rings is 1. The van der Waals surface area contributed by atoms with Gasteiger partial charge in [-0.15, -0.1) is 0 Å². The van der Waals surface area contributed by atoms with Gasteiger partial charge in [-0.2, -0.15) is 0 Å². The van der Waals surface area contributed by atoms with Crippen molar-refractivity contribution in [1.29, 1.82) is 0 Å². The SMILES string of the molecule is CC(CCCN)C(=O)Nc1ccc(Cl)c(Cl)c1. The first-order valence-electron chi connectivity index (χ1n) is 5.50. The summed E-state index contributed by atoms with van der Waals surface area (Å²) in [7, 11) is 0. The van der Waals surface area contributed by atoms with Gasteiger partial charge in [-0.1, -0.05) is 30.1 Å². The summed E-state index contributed by atoms with van der Waals surface area (Å²) in [5.74, 6) is -0.0927. The fraction of sp³-hybridized carbons (Fsp3) is 0.417. The summed E-state index contributed by atoms with van der Waals surface area (Å²) >= 11 is 11.7. The molecule has 1 unspecified atom stereocenters. The number of anilines is 1. The van der Waals surface area contributed by atoms with Crippen molar-refractivity contribution in [2.75, 3.05) is 11.9 Å². The number of rotatable bonds is 5. The minimum Gasteiger partial charge on any atom is -0.330 e. The molecule has 0 bridgehead atoms. The van der Waals surface area contributed by atoms with Crippen molar-refractivity contribution >= 4 is 34.8 Å². The molecule has 0 saturated heterocycles. The Labute approximate surface area is 111 Å². The maximum Gasteiger partial charge on any atom is 0.227 e. The lowest BCUT2D eigenvalue weighted by molar-refractivity contribution is -0.119. The number of nitrogens with one attached hydrogen (secondary N) is 1. The number of hydrogen-bond donors (Lipinski definition) is 2. The van der Waals surface area contributed by atoms with E-state index < -0.39 is 0 Å². The highest BCUT2D eigenvalue weighted by Crippen LogP contribution is 2.25. The highest BCUT2D eigenvalue weighted by atomic mass is 35.5. The van der Waals surface area contributed by atoms with Crippen LogP contribution >= 0.6 is 23.2 Å². The molecule has 0 aromatic heterocycles. The Bertz CT molecular complexity index is 396. The molecule has 0 aliphatic heterocycles. The van der Waals surface area contributed by atoms with Crippen molar-refractivity contribution in [2.24, 2.45) is 11.7 Å². The summed E-state index contributed by atoms with van der Waals surface area (Å²) in [5.41, 5.74) is 6.06. The number of amides is 1. The first-order chi connectivity index (χ1) is 8.04. The lowest BCUT2D eigenvalue weighted by Gasteiger charge is -2.12. The Morgan fingerprint density at radius 2 is 2.12 bits per heavy atom. The molecule has 0 aliphatic carbocycles. The highest BCUT2D eigenvalue weighted by molar-refractivity contribution is 6.42. The topological polar surface area (TPSA) is 55.1 Å². The number of carbonyl (C=O) groups is 1. The minimum atomic E-state index is -0.0620. The van der Waals surface area contributed by atoms with Gasteiger partial charge in [-0.05, 0) is 37.6 Å². The highest BCUT2D eigenvalue weighted by Gasteiger charge is 2.12. The van der Waals surface area contributed by atoms with Crippen molar-refractivity contribution in [2.45, 2.75) is 19.8 Å². The quantitative estimate of drug-likeness (QED) is 0.866. The first kappa shape index (κ1) is 14.3. The van der Waals surface area contributed by atoms with Crippen LogP contribution in [0.3, 0.4) is 0 Å². The predicted octanol–water partition coefficient (Wildman–Crippen LogP) is 3.31. The molecule has 0 spiro atoms. The van der Waals surface area contributed by atoms with Crippen LogP contribution in [0.2, 0.25) is 10.0 Å². The van der Waals surface area contributed by atoms with Crippen LogP contribution in [0.5, 0.6) is 0 Å². The summed E-state index contributed by atoms with van der Waals surface area (Å²) in [6.07, 6.45) is 1.62. The third-order valence-corrected chi connectivity index (χ3v) is 3.22. The largest absolute Gasteiger partial charge is 0.330 e. The minimum absolute atomic E-state index is 0.0307. The second-order valence-corrected chi connectivity index (χ2v) is 4.76. The average molecular weight is 275 g/mol.